The Bertz CT molecular complexity index is 436. The molecule has 0 unspecified atom stereocenters. The zero-order chi connectivity index (χ0) is 13.4. The molecule has 18 heavy (non-hydrogen) atoms. The van der Waals surface area contributed by atoms with Gasteiger partial charge in [-0.05, 0) is 0 Å². The molecule has 0 saturated carbocycles. The molecule has 0 heterocycles. The molecule has 8 heteroatoms. The van der Waals surface area contributed by atoms with Crippen molar-refractivity contribution in [1.29, 1.82) is 0 Å². The molecule has 0 atom stereocenters. The summed E-state index contributed by atoms with van der Waals surface area (Å²) in [6, 6.07) is 2.19. The van der Waals surface area contributed by atoms with Crippen LogP contribution in [0.1, 0.15) is 0 Å². The minimum Gasteiger partial charge on any atom is -0.428 e. The molecule has 0 spiro atoms. The lowest BCUT2D eigenvalue weighted by atomic mass is 10.2. The summed E-state index contributed by atoms with van der Waals surface area (Å²) in [7, 11) is 0. The maximum atomic E-state index is 10.3. The maximum absolute atomic E-state index is 10.3. The minimum absolute atomic E-state index is 0.0465. The largest absolute Gasteiger partial charge is 0.428 e. The Kier molecular flexibility index (Phi) is 4.85. The van der Waals surface area contributed by atoms with Crippen molar-refractivity contribution in [2.45, 2.75) is 0 Å². The lowest BCUT2D eigenvalue weighted by molar-refractivity contribution is -0.124. The Morgan fingerprint density at radius 1 is 0.667 bits per heavy atom. The van der Waals surface area contributed by atoms with Crippen molar-refractivity contribution < 1.29 is 38.1 Å². The van der Waals surface area contributed by atoms with Crippen LogP contribution in [0.15, 0.2) is 12.1 Å². The number of carbonyl (C=O) groups is 4. The third-order valence-corrected chi connectivity index (χ3v) is 1.69. The van der Waals surface area contributed by atoms with E-state index in [0.29, 0.717) is 0 Å². The monoisotopic (exact) mass is 254 g/mol. The molecule has 8 nitrogen and oxygen atoms in total. The van der Waals surface area contributed by atoms with E-state index in [1.54, 1.807) is 0 Å². The second-order valence-corrected chi connectivity index (χ2v) is 2.60. The average molecular weight is 254 g/mol. The molecule has 1 rings (SSSR count). The van der Waals surface area contributed by atoms with E-state index in [1.807, 2.05) is 0 Å². The molecule has 1 aromatic rings. The Balaban J connectivity index is 3.31. The molecular weight excluding hydrogens is 248 g/mol. The van der Waals surface area contributed by atoms with Crippen molar-refractivity contribution in [2.75, 3.05) is 0 Å². The molecule has 94 valence electrons. The third-order valence-electron chi connectivity index (χ3n) is 1.69. The molecule has 1 aromatic carbocycles. The van der Waals surface area contributed by atoms with Gasteiger partial charge in [0.15, 0.2) is 11.5 Å². The Morgan fingerprint density at radius 2 is 1.11 bits per heavy atom. The van der Waals surface area contributed by atoms with Crippen molar-refractivity contribution in [2.24, 2.45) is 0 Å². The van der Waals surface area contributed by atoms with Gasteiger partial charge in [0.2, 0.25) is 5.75 Å². The van der Waals surface area contributed by atoms with E-state index in [4.69, 9.17) is 0 Å². The summed E-state index contributed by atoms with van der Waals surface area (Å²) in [5, 5.41) is 0. The second-order valence-electron chi connectivity index (χ2n) is 2.60. The molecule has 0 aliphatic carbocycles. The van der Waals surface area contributed by atoms with Crippen LogP contribution in [0.2, 0.25) is 0 Å². The number of rotatable bonds is 8. The molecule has 0 radical (unpaired) electrons. The Morgan fingerprint density at radius 3 is 1.50 bits per heavy atom. The molecular formula is C10H6O8. The highest BCUT2D eigenvalue weighted by Gasteiger charge is 2.16. The zero-order valence-corrected chi connectivity index (χ0v) is 8.73. The molecule has 0 saturated heterocycles. The quantitative estimate of drug-likeness (QED) is 0.588. The lowest BCUT2D eigenvalue weighted by Crippen LogP contribution is -2.01. The van der Waals surface area contributed by atoms with Crippen molar-refractivity contribution in [1.82, 2.24) is 0 Å². The summed E-state index contributed by atoms with van der Waals surface area (Å²) in [4.78, 5) is 41.1. The number of hydrogen-bond acceptors (Lipinski definition) is 8. The highest BCUT2D eigenvalue weighted by Crippen LogP contribution is 2.40. The van der Waals surface area contributed by atoms with Crippen molar-refractivity contribution in [3.8, 4) is 23.0 Å². The number of carbonyl (C=O) groups excluding carboxylic acids is 4. The van der Waals surface area contributed by atoms with Crippen LogP contribution in [0.25, 0.3) is 0 Å². The van der Waals surface area contributed by atoms with Crippen molar-refractivity contribution in [3.05, 3.63) is 12.1 Å². The van der Waals surface area contributed by atoms with E-state index in [2.05, 4.69) is 18.9 Å². The van der Waals surface area contributed by atoms with Gasteiger partial charge < -0.3 is 18.9 Å². The van der Waals surface area contributed by atoms with Crippen LogP contribution in [0.3, 0.4) is 0 Å². The van der Waals surface area contributed by atoms with E-state index in [9.17, 15) is 19.2 Å². The molecule has 0 aromatic heterocycles. The normalized spacial score (nSPS) is 8.89. The van der Waals surface area contributed by atoms with Gasteiger partial charge >= 0.3 is 0 Å². The van der Waals surface area contributed by atoms with E-state index >= 15 is 0 Å². The second kappa shape index (κ2) is 6.63. The summed E-state index contributed by atoms with van der Waals surface area (Å²) in [6.45, 7) is 0.278. The van der Waals surface area contributed by atoms with Gasteiger partial charge in [0.05, 0.1) is 0 Å². The van der Waals surface area contributed by atoms with Gasteiger partial charge in [-0.1, -0.05) is 0 Å². The van der Waals surface area contributed by atoms with E-state index in [0.717, 1.165) is 12.1 Å². The first-order valence-corrected chi connectivity index (χ1v) is 4.36. The van der Waals surface area contributed by atoms with Crippen LogP contribution in [-0.4, -0.2) is 25.9 Å². The number of ether oxygens (including phenoxy) is 4. The first kappa shape index (κ1) is 13.2. The predicted octanol–water partition coefficient (Wildman–Crippen LogP) is -0.173. The Labute approximate surface area is 100.0 Å². The van der Waals surface area contributed by atoms with Gasteiger partial charge in [-0.3, -0.25) is 19.2 Å². The SMILES string of the molecule is O=COc1cc(OC=O)c(OC=O)c(OC=O)c1. The predicted molar refractivity (Wildman–Crippen MR) is 53.2 cm³/mol. The highest BCUT2D eigenvalue weighted by molar-refractivity contribution is 5.66. The average Bonchev–Trinajstić information content (AvgIpc) is 2.34. The molecule has 0 bridgehead atoms. The third kappa shape index (κ3) is 3.04. The maximum Gasteiger partial charge on any atom is 0.298 e. The fourth-order valence-electron chi connectivity index (χ4n) is 1.12. The van der Waals surface area contributed by atoms with Crippen LogP contribution in [0, 0.1) is 0 Å². The summed E-state index contributed by atoms with van der Waals surface area (Å²) >= 11 is 0. The lowest BCUT2D eigenvalue weighted by Gasteiger charge is -2.10. The summed E-state index contributed by atoms with van der Waals surface area (Å²) in [5.41, 5.74) is 0. The van der Waals surface area contributed by atoms with Gasteiger partial charge in [-0.25, -0.2) is 0 Å². The van der Waals surface area contributed by atoms with Gasteiger partial charge in [-0.2, -0.15) is 0 Å². The smallest absolute Gasteiger partial charge is 0.298 e. The topological polar surface area (TPSA) is 105 Å². The Hall–Kier alpha value is -2.90. The fourth-order valence-corrected chi connectivity index (χ4v) is 1.12. The molecule has 0 N–H and O–H groups in total. The summed E-state index contributed by atoms with van der Waals surface area (Å²) in [6.07, 6.45) is 0. The number of hydrogen-bond donors (Lipinski definition) is 0. The summed E-state index contributed by atoms with van der Waals surface area (Å²) in [5.74, 6) is -0.888. The van der Waals surface area contributed by atoms with Gasteiger partial charge in [0, 0.05) is 12.1 Å². The molecule has 0 aliphatic heterocycles. The standard InChI is InChI=1S/C10H6O8/c11-3-15-7-1-8(16-4-12)10(18-6-14)9(2-7)17-5-13/h1-6H. The molecule has 0 fully saturated rings. The van der Waals surface area contributed by atoms with Crippen molar-refractivity contribution in [3.63, 3.8) is 0 Å². The van der Waals surface area contributed by atoms with Crippen LogP contribution < -0.4 is 18.9 Å². The van der Waals surface area contributed by atoms with Crippen LogP contribution in [0.4, 0.5) is 0 Å². The zero-order valence-electron chi connectivity index (χ0n) is 8.73. The van der Waals surface area contributed by atoms with Crippen molar-refractivity contribution >= 4 is 25.9 Å². The summed E-state index contributed by atoms with van der Waals surface area (Å²) < 4.78 is 18.0. The van der Waals surface area contributed by atoms with Crippen LogP contribution in [-0.2, 0) is 19.2 Å². The first-order chi connectivity index (χ1) is 8.76. The van der Waals surface area contributed by atoms with Gasteiger partial charge in [-0.15, -0.1) is 0 Å². The van der Waals surface area contributed by atoms with Crippen LogP contribution >= 0.6 is 0 Å². The minimum atomic E-state index is -0.303. The molecule has 0 aliphatic rings. The fraction of sp³-hybridized carbons (Fsp3) is 0. The molecule has 0 amide bonds. The van der Waals surface area contributed by atoms with Gasteiger partial charge in [0.25, 0.3) is 25.9 Å². The van der Waals surface area contributed by atoms with E-state index < -0.39 is 0 Å². The highest BCUT2D eigenvalue weighted by atomic mass is 16.6. The first-order valence-electron chi connectivity index (χ1n) is 4.36. The van der Waals surface area contributed by atoms with Crippen LogP contribution in [0.5, 0.6) is 23.0 Å². The van der Waals surface area contributed by atoms with E-state index in [-0.39, 0.29) is 48.9 Å². The number of benzene rings is 1. The van der Waals surface area contributed by atoms with E-state index in [1.165, 1.54) is 0 Å². The van der Waals surface area contributed by atoms with Gasteiger partial charge in [0.1, 0.15) is 5.75 Å².